The second kappa shape index (κ2) is 10.8. The zero-order valence-electron chi connectivity index (χ0n) is 56.3. The van der Waals surface area contributed by atoms with Gasteiger partial charge in [-0.15, -0.1) is 0 Å². The van der Waals surface area contributed by atoms with E-state index in [2.05, 4.69) is 0 Å². The fourth-order valence-electron chi connectivity index (χ4n) is 6.38. The predicted octanol–water partition coefficient (Wildman–Crippen LogP) is 12.6. The lowest BCUT2D eigenvalue weighted by Gasteiger charge is -2.14. The van der Waals surface area contributed by atoms with E-state index in [9.17, 15) is 16.4 Å². The van der Waals surface area contributed by atoms with Gasteiger partial charge in [-0.3, -0.25) is 0 Å². The van der Waals surface area contributed by atoms with Crippen molar-refractivity contribution < 1.29 is 42.5 Å². The first kappa shape index (κ1) is 11.3. The van der Waals surface area contributed by atoms with Crippen LogP contribution in [0.3, 0.4) is 0 Å². The summed E-state index contributed by atoms with van der Waals surface area (Å²) in [7, 11) is 0. The molecule has 8 aromatic carbocycles. The van der Waals surface area contributed by atoms with E-state index in [-0.39, 0.29) is 0 Å². The van der Waals surface area contributed by atoms with Gasteiger partial charge in [0.25, 0.3) is 0 Å². The molecule has 0 saturated heterocycles. The SMILES string of the molecule is [2H]c1c([2H])c([2H])c(-n2c3c([2H])c([2H])c([2H])c([2H])c3c3c([2H])c(-c4c([2H])c([2H])c5c(c4[2H])c4c([2H])c([2H])c([2H])c([2H])c4n5-c4c([2H])c([2H])c([2H])c5c6c([2H])c([2H])c([2H])c([2H])c6n(-c6c([2H])c([2H])c([2H])c([2H])c6[2H])c45)c([2H])c([2H])c32)c([2H])c1[2H]. The monoisotopic (exact) mass is 680 g/mol. The molecule has 3 nitrogen and oxygen atoms in total. The molecule has 0 bridgehead atoms. The van der Waals surface area contributed by atoms with Crippen molar-refractivity contribution in [1.29, 1.82) is 0 Å². The minimum absolute atomic E-state index is 0.587. The molecule has 51 heavy (non-hydrogen) atoms. The Bertz CT molecular complexity index is 4880. The average molecular weight is 681 g/mol. The van der Waals surface area contributed by atoms with Crippen molar-refractivity contribution in [2.24, 2.45) is 0 Å². The van der Waals surface area contributed by atoms with Gasteiger partial charge in [-0.05, 0) is 83.6 Å². The summed E-state index contributed by atoms with van der Waals surface area (Å²) >= 11 is 0. The quantitative estimate of drug-likeness (QED) is 0.176. The van der Waals surface area contributed by atoms with Crippen LogP contribution in [0.15, 0.2) is 187 Å². The fourth-order valence-corrected chi connectivity index (χ4v) is 6.38. The van der Waals surface area contributed by atoms with Crippen LogP contribution in [0.2, 0.25) is 0 Å². The number of para-hydroxylation sites is 6. The van der Waals surface area contributed by atoms with Crippen LogP contribution in [0.5, 0.6) is 0 Å². The topological polar surface area (TPSA) is 14.8 Å². The normalized spacial score (nSPS) is 20.4. The molecule has 0 radical (unpaired) electrons. The molecule has 3 heterocycles. The maximum atomic E-state index is 10.0. The standard InChI is InChI=1S/C48H31N3/c1-3-14-34(15-4-1)49-42-22-10-8-19-37(42)40-30-32(26-28-45(40)49)33-27-29-46-41(31-33)38-20-9-12-24-44(38)51(46)47-25-13-21-39-36-18-7-11-23-43(36)50(48(39)47)35-16-5-2-6-17-35/h1-31H/i1D,2D,3D,4D,5D,6D,7D,8D,9D,10D,11D,12D,13D,14D,15D,16D,17D,18D,19D,20D,21D,22D,23D,24D,25D,26D,27D,28D,29D,30D,31D. The Hall–Kier alpha value is -6.84. The van der Waals surface area contributed by atoms with Crippen molar-refractivity contribution >= 4 is 65.4 Å². The third-order valence-corrected chi connectivity index (χ3v) is 8.40. The summed E-state index contributed by atoms with van der Waals surface area (Å²) in [5.41, 5.74) is -8.35. The van der Waals surface area contributed by atoms with E-state index < -0.39 is 281 Å². The summed E-state index contributed by atoms with van der Waals surface area (Å²) in [5, 5.41) is -3.82. The molecule has 11 rings (SSSR count). The molecule has 0 fully saturated rings. The molecule has 238 valence electrons. The Kier molecular flexibility index (Phi) is 2.41. The minimum atomic E-state index is -1.12. The number of aromatic nitrogens is 3. The van der Waals surface area contributed by atoms with E-state index in [1.165, 1.54) is 0 Å². The van der Waals surface area contributed by atoms with Gasteiger partial charge >= 0.3 is 0 Å². The van der Waals surface area contributed by atoms with Gasteiger partial charge in [0.1, 0.15) is 0 Å². The summed E-state index contributed by atoms with van der Waals surface area (Å²) in [4.78, 5) is 0. The molecule has 0 atom stereocenters. The molecule has 3 aromatic heterocycles. The number of nitrogens with zero attached hydrogens (tertiary/aromatic N) is 3. The fraction of sp³-hybridized carbons (Fsp3) is 0. The first-order chi connectivity index (χ1) is 38.2. The Labute approximate surface area is 338 Å². The molecular weight excluding hydrogens is 619 g/mol. The maximum absolute atomic E-state index is 10.0. The van der Waals surface area contributed by atoms with Gasteiger partial charge in [0.2, 0.25) is 0 Å². The summed E-state index contributed by atoms with van der Waals surface area (Å²) in [6.07, 6.45) is 0. The first-order valence-electron chi connectivity index (χ1n) is 30.5. The Morgan fingerprint density at radius 3 is 1.29 bits per heavy atom. The van der Waals surface area contributed by atoms with E-state index in [1.54, 1.807) is 0 Å². The van der Waals surface area contributed by atoms with Gasteiger partial charge in [0.15, 0.2) is 0 Å². The summed E-state index contributed by atoms with van der Waals surface area (Å²) in [6, 6.07) is -29.8. The van der Waals surface area contributed by atoms with E-state index in [4.69, 9.17) is 26.0 Å². The number of hydrogen-bond acceptors (Lipinski definition) is 0. The Morgan fingerprint density at radius 1 is 0.294 bits per heavy atom. The van der Waals surface area contributed by atoms with Gasteiger partial charge in [-0.1, -0.05) is 115 Å². The molecule has 0 aliphatic heterocycles. The Morgan fingerprint density at radius 2 is 0.706 bits per heavy atom. The van der Waals surface area contributed by atoms with Gasteiger partial charge in [0.05, 0.1) is 81.3 Å². The maximum Gasteiger partial charge on any atom is 0.0782 e. The average Bonchev–Trinajstić information content (AvgIpc) is 1.65. The van der Waals surface area contributed by atoms with Crippen LogP contribution >= 0.6 is 0 Å². The molecule has 0 saturated carbocycles. The van der Waals surface area contributed by atoms with E-state index in [0.29, 0.717) is 0 Å². The third kappa shape index (κ3) is 4.06. The molecule has 0 aliphatic carbocycles. The van der Waals surface area contributed by atoms with E-state index >= 15 is 0 Å². The molecule has 0 spiro atoms. The lowest BCUT2D eigenvalue weighted by molar-refractivity contribution is 1.13. The van der Waals surface area contributed by atoms with Crippen LogP contribution in [0.4, 0.5) is 0 Å². The highest BCUT2D eigenvalue weighted by Crippen LogP contribution is 2.41. The second-order valence-electron chi connectivity index (χ2n) is 11.0. The van der Waals surface area contributed by atoms with Crippen LogP contribution < -0.4 is 0 Å². The highest BCUT2D eigenvalue weighted by molar-refractivity contribution is 6.16. The lowest BCUT2D eigenvalue weighted by atomic mass is 10.0. The first-order valence-corrected chi connectivity index (χ1v) is 15.0. The molecule has 0 aliphatic rings. The molecule has 0 amide bonds. The minimum Gasteiger partial charge on any atom is -0.309 e. The van der Waals surface area contributed by atoms with Crippen molar-refractivity contribution in [2.75, 3.05) is 0 Å². The van der Waals surface area contributed by atoms with E-state index in [1.807, 2.05) is 0 Å². The molecule has 0 N–H and O–H groups in total. The van der Waals surface area contributed by atoms with Gasteiger partial charge in [-0.2, -0.15) is 0 Å². The Balaban J connectivity index is 1.40. The van der Waals surface area contributed by atoms with E-state index in [0.717, 1.165) is 13.7 Å². The van der Waals surface area contributed by atoms with Crippen molar-refractivity contribution in [2.45, 2.75) is 0 Å². The number of fused-ring (bicyclic) bond motifs is 9. The van der Waals surface area contributed by atoms with Gasteiger partial charge in [0, 0.05) is 43.7 Å². The summed E-state index contributed by atoms with van der Waals surface area (Å²) < 4.78 is 283. The summed E-state index contributed by atoms with van der Waals surface area (Å²) in [5.74, 6) is 0. The van der Waals surface area contributed by atoms with Crippen LogP contribution in [-0.2, 0) is 0 Å². The smallest absolute Gasteiger partial charge is 0.0782 e. The summed E-state index contributed by atoms with van der Waals surface area (Å²) in [6.45, 7) is 0. The molecule has 11 aromatic rings. The number of hydrogen-bond donors (Lipinski definition) is 0. The highest BCUT2D eigenvalue weighted by atomic mass is 15.1. The molecule has 3 heteroatoms. The van der Waals surface area contributed by atoms with Gasteiger partial charge < -0.3 is 13.7 Å². The van der Waals surface area contributed by atoms with Crippen LogP contribution in [0.1, 0.15) is 42.5 Å². The molecule has 0 unspecified atom stereocenters. The molecular formula is C48H31N3. The number of benzene rings is 8. The van der Waals surface area contributed by atoms with Crippen molar-refractivity contribution in [3.05, 3.63) is 187 Å². The number of rotatable bonds is 4. The van der Waals surface area contributed by atoms with Crippen molar-refractivity contribution in [1.82, 2.24) is 13.7 Å². The van der Waals surface area contributed by atoms with Crippen molar-refractivity contribution in [3.63, 3.8) is 0 Å². The van der Waals surface area contributed by atoms with Crippen LogP contribution in [-0.4, -0.2) is 13.7 Å². The largest absolute Gasteiger partial charge is 0.309 e. The zero-order chi connectivity index (χ0) is 60.4. The van der Waals surface area contributed by atoms with Crippen LogP contribution in [0.25, 0.3) is 93.6 Å². The van der Waals surface area contributed by atoms with Gasteiger partial charge in [-0.25, -0.2) is 0 Å². The van der Waals surface area contributed by atoms with Crippen LogP contribution in [0, 0.1) is 0 Å². The highest BCUT2D eigenvalue weighted by Gasteiger charge is 2.20. The zero-order valence-corrected chi connectivity index (χ0v) is 25.3. The third-order valence-electron chi connectivity index (χ3n) is 8.40. The van der Waals surface area contributed by atoms with Crippen molar-refractivity contribution in [3.8, 4) is 28.2 Å². The second-order valence-corrected chi connectivity index (χ2v) is 11.0. The predicted molar refractivity (Wildman–Crippen MR) is 215 cm³/mol. The lowest BCUT2D eigenvalue weighted by Crippen LogP contribution is -2.00.